The van der Waals surface area contributed by atoms with Crippen LogP contribution in [-0.4, -0.2) is 34.6 Å². The number of alkyl halides is 3. The van der Waals surface area contributed by atoms with Gasteiger partial charge in [0.1, 0.15) is 10.7 Å². The number of hydrogen-bond acceptors (Lipinski definition) is 7. The highest BCUT2D eigenvalue weighted by Crippen LogP contribution is 2.38. The summed E-state index contributed by atoms with van der Waals surface area (Å²) in [7, 11) is 0. The summed E-state index contributed by atoms with van der Waals surface area (Å²) in [6.45, 7) is 4.00. The Kier molecular flexibility index (Phi) is 5.57. The molecule has 2 aromatic rings. The van der Waals surface area contributed by atoms with Gasteiger partial charge in [-0.2, -0.15) is 18.2 Å². The van der Waals surface area contributed by atoms with Gasteiger partial charge in [-0.15, -0.1) is 0 Å². The first-order valence-electron chi connectivity index (χ1n) is 8.68. The van der Waals surface area contributed by atoms with Gasteiger partial charge in [-0.3, -0.25) is 14.8 Å². The van der Waals surface area contributed by atoms with Crippen molar-refractivity contribution in [3.8, 4) is 0 Å². The number of nitrogen functional groups attached to an aromatic ring is 1. The molecule has 1 fully saturated rings. The third-order valence-electron chi connectivity index (χ3n) is 4.90. The highest BCUT2D eigenvalue weighted by Gasteiger charge is 2.36. The Hall–Kier alpha value is -2.27. The van der Waals surface area contributed by atoms with Gasteiger partial charge >= 0.3 is 6.18 Å². The molecule has 0 atom stereocenters. The fourth-order valence-electron chi connectivity index (χ4n) is 2.97. The zero-order valence-corrected chi connectivity index (χ0v) is 16.0. The van der Waals surface area contributed by atoms with Gasteiger partial charge < -0.3 is 16.4 Å². The van der Waals surface area contributed by atoms with E-state index >= 15 is 0 Å². The van der Waals surface area contributed by atoms with Gasteiger partial charge in [-0.1, -0.05) is 18.7 Å². The van der Waals surface area contributed by atoms with Crippen LogP contribution >= 0.6 is 11.8 Å². The molecule has 11 heteroatoms. The van der Waals surface area contributed by atoms with Crippen molar-refractivity contribution in [3.63, 3.8) is 0 Å². The Bertz CT molecular complexity index is 908. The number of rotatable bonds is 4. The summed E-state index contributed by atoms with van der Waals surface area (Å²) in [5, 5.41) is 0. The van der Waals surface area contributed by atoms with Gasteiger partial charge in [0.05, 0.1) is 0 Å². The van der Waals surface area contributed by atoms with Crippen LogP contribution in [0.3, 0.4) is 0 Å². The molecule has 0 radical (unpaired) electrons. The van der Waals surface area contributed by atoms with Crippen molar-refractivity contribution < 1.29 is 13.2 Å². The first kappa shape index (κ1) is 20.5. The maximum Gasteiger partial charge on any atom is 0.434 e. The van der Waals surface area contributed by atoms with Gasteiger partial charge in [0.2, 0.25) is 5.95 Å². The lowest BCUT2D eigenvalue weighted by atomic mass is 9.81. The van der Waals surface area contributed by atoms with E-state index in [0.29, 0.717) is 37.3 Å². The Balaban J connectivity index is 1.86. The van der Waals surface area contributed by atoms with Crippen molar-refractivity contribution in [2.45, 2.75) is 35.7 Å². The Morgan fingerprint density at radius 3 is 2.61 bits per heavy atom. The molecule has 0 aromatic carbocycles. The van der Waals surface area contributed by atoms with Gasteiger partial charge in [-0.05, 0) is 36.9 Å². The van der Waals surface area contributed by atoms with E-state index in [9.17, 15) is 18.0 Å². The number of nitrogens with two attached hydrogens (primary N) is 2. The minimum atomic E-state index is -4.64. The molecule has 7 nitrogen and oxygen atoms in total. The van der Waals surface area contributed by atoms with Crippen LogP contribution in [0.25, 0.3) is 0 Å². The standard InChI is InChI=1S/C17H21F3N6OS/c1-16(9-21)4-7-26(8-5-16)15-24-13(22)11(14(27)25-15)28-10-3-2-6-23-12(10)17(18,19)20/h2-3,6H,4-5,7-9,21H2,1H3,(H3,22,24,25,27). The van der Waals surface area contributed by atoms with Crippen LogP contribution in [0, 0.1) is 5.41 Å². The van der Waals surface area contributed by atoms with Gasteiger partial charge in [-0.25, -0.2) is 0 Å². The monoisotopic (exact) mass is 414 g/mol. The molecular formula is C17H21F3N6OS. The molecule has 0 unspecified atom stereocenters. The molecule has 0 saturated carbocycles. The van der Waals surface area contributed by atoms with Crippen LogP contribution in [0.1, 0.15) is 25.5 Å². The fraction of sp³-hybridized carbons (Fsp3) is 0.471. The van der Waals surface area contributed by atoms with Crippen molar-refractivity contribution in [2.75, 3.05) is 30.3 Å². The number of pyridine rings is 1. The number of anilines is 2. The van der Waals surface area contributed by atoms with Crippen LogP contribution in [0.5, 0.6) is 0 Å². The topological polar surface area (TPSA) is 114 Å². The second-order valence-corrected chi connectivity index (χ2v) is 8.11. The van der Waals surface area contributed by atoms with E-state index < -0.39 is 17.4 Å². The van der Waals surface area contributed by atoms with E-state index in [-0.39, 0.29) is 21.0 Å². The van der Waals surface area contributed by atoms with E-state index in [1.54, 1.807) is 0 Å². The minimum Gasteiger partial charge on any atom is -0.382 e. The summed E-state index contributed by atoms with van der Waals surface area (Å²) in [5.41, 5.74) is 10.1. The van der Waals surface area contributed by atoms with Crippen molar-refractivity contribution in [1.82, 2.24) is 15.0 Å². The molecular weight excluding hydrogens is 393 g/mol. The molecule has 28 heavy (non-hydrogen) atoms. The maximum atomic E-state index is 13.1. The van der Waals surface area contributed by atoms with Crippen LogP contribution < -0.4 is 21.9 Å². The summed E-state index contributed by atoms with van der Waals surface area (Å²) in [4.78, 5) is 24.3. The molecule has 3 heterocycles. The molecule has 152 valence electrons. The normalized spacial score (nSPS) is 17.0. The maximum absolute atomic E-state index is 13.1. The number of piperidine rings is 1. The first-order valence-corrected chi connectivity index (χ1v) is 9.49. The quantitative estimate of drug-likeness (QED) is 0.704. The van der Waals surface area contributed by atoms with E-state index in [2.05, 4.69) is 21.9 Å². The summed E-state index contributed by atoms with van der Waals surface area (Å²) < 4.78 is 39.4. The average molecular weight is 414 g/mol. The van der Waals surface area contributed by atoms with Crippen LogP contribution in [0.4, 0.5) is 24.9 Å². The second-order valence-electron chi connectivity index (χ2n) is 7.06. The second kappa shape index (κ2) is 7.63. The summed E-state index contributed by atoms with van der Waals surface area (Å²) in [6, 6.07) is 2.61. The van der Waals surface area contributed by atoms with Crippen molar-refractivity contribution in [2.24, 2.45) is 11.1 Å². The highest BCUT2D eigenvalue weighted by atomic mass is 32.2. The summed E-state index contributed by atoms with van der Waals surface area (Å²) >= 11 is 0.604. The number of nitrogens with one attached hydrogen (secondary N) is 1. The predicted molar refractivity (Wildman–Crippen MR) is 101 cm³/mol. The smallest absolute Gasteiger partial charge is 0.382 e. The number of H-pyrrole nitrogens is 1. The average Bonchev–Trinajstić information content (AvgIpc) is 2.64. The Morgan fingerprint density at radius 1 is 1.36 bits per heavy atom. The minimum absolute atomic E-state index is 0.0481. The molecule has 5 N–H and O–H groups in total. The molecule has 1 aliphatic rings. The molecule has 0 aliphatic carbocycles. The van der Waals surface area contributed by atoms with E-state index in [1.807, 2.05) is 4.90 Å². The van der Waals surface area contributed by atoms with E-state index in [4.69, 9.17) is 11.5 Å². The molecule has 1 saturated heterocycles. The van der Waals surface area contributed by atoms with Gasteiger partial charge in [0.15, 0.2) is 5.69 Å². The van der Waals surface area contributed by atoms with E-state index in [0.717, 1.165) is 19.0 Å². The Labute approximate surface area is 163 Å². The number of aromatic amines is 1. The predicted octanol–water partition coefficient (Wildman–Crippen LogP) is 2.48. The SMILES string of the molecule is CC1(CN)CCN(c2nc(N)c(Sc3cccnc3C(F)(F)F)c(=O)[nH]2)CC1. The molecule has 0 amide bonds. The zero-order valence-electron chi connectivity index (χ0n) is 15.2. The number of aromatic nitrogens is 3. The highest BCUT2D eigenvalue weighted by molar-refractivity contribution is 7.99. The fourth-order valence-corrected chi connectivity index (χ4v) is 3.90. The Morgan fingerprint density at radius 2 is 2.04 bits per heavy atom. The summed E-state index contributed by atoms with van der Waals surface area (Å²) in [5.74, 6) is 0.195. The zero-order chi connectivity index (χ0) is 20.5. The molecule has 2 aromatic heterocycles. The lowest BCUT2D eigenvalue weighted by Gasteiger charge is -2.38. The van der Waals surface area contributed by atoms with Crippen LogP contribution in [0.15, 0.2) is 32.9 Å². The first-order chi connectivity index (χ1) is 13.1. The van der Waals surface area contributed by atoms with Gasteiger partial charge in [0.25, 0.3) is 5.56 Å². The third kappa shape index (κ3) is 4.25. The van der Waals surface area contributed by atoms with Crippen LogP contribution in [-0.2, 0) is 6.18 Å². The third-order valence-corrected chi connectivity index (χ3v) is 6.05. The lowest BCUT2D eigenvalue weighted by Crippen LogP contribution is -2.43. The summed E-state index contributed by atoms with van der Waals surface area (Å²) in [6.07, 6.45) is -1.91. The van der Waals surface area contributed by atoms with Crippen LogP contribution in [0.2, 0.25) is 0 Å². The van der Waals surface area contributed by atoms with Crippen molar-refractivity contribution in [3.05, 3.63) is 34.4 Å². The molecule has 0 bridgehead atoms. The number of halogens is 3. The van der Waals surface area contributed by atoms with Crippen molar-refractivity contribution in [1.29, 1.82) is 0 Å². The van der Waals surface area contributed by atoms with Crippen molar-refractivity contribution >= 4 is 23.5 Å². The largest absolute Gasteiger partial charge is 0.434 e. The lowest BCUT2D eigenvalue weighted by molar-refractivity contribution is -0.143. The van der Waals surface area contributed by atoms with E-state index in [1.165, 1.54) is 12.1 Å². The van der Waals surface area contributed by atoms with Gasteiger partial charge in [0, 0.05) is 24.2 Å². The molecule has 3 rings (SSSR count). The molecule has 0 spiro atoms. The molecule has 1 aliphatic heterocycles. The number of hydrogen-bond donors (Lipinski definition) is 3. The number of nitrogens with zero attached hydrogens (tertiary/aromatic N) is 3.